The molecule has 0 spiro atoms. The van der Waals surface area contributed by atoms with Gasteiger partial charge in [-0.05, 0) is 44.6 Å². The number of hydrogen-bond acceptors (Lipinski definition) is 3. The van der Waals surface area contributed by atoms with Crippen LogP contribution in [0, 0.1) is 5.92 Å². The Morgan fingerprint density at radius 2 is 2.00 bits per heavy atom. The lowest BCUT2D eigenvalue weighted by Crippen LogP contribution is -2.50. The molecule has 2 fully saturated rings. The van der Waals surface area contributed by atoms with Gasteiger partial charge in [0.05, 0.1) is 12.0 Å². The summed E-state index contributed by atoms with van der Waals surface area (Å²) in [6, 6.07) is 11.3. The maximum absolute atomic E-state index is 12.7. The van der Waals surface area contributed by atoms with Gasteiger partial charge in [-0.3, -0.25) is 9.69 Å². The van der Waals surface area contributed by atoms with E-state index in [0.717, 1.165) is 45.2 Å². The third-order valence-corrected chi connectivity index (χ3v) is 5.91. The summed E-state index contributed by atoms with van der Waals surface area (Å²) in [4.78, 5) is 17.1. The van der Waals surface area contributed by atoms with E-state index in [1.807, 2.05) is 11.9 Å². The molecule has 24 heavy (non-hydrogen) atoms. The first-order chi connectivity index (χ1) is 11.6. The lowest BCUT2D eigenvalue weighted by atomic mass is 9.94. The summed E-state index contributed by atoms with van der Waals surface area (Å²) in [7, 11) is 1.93. The Hall–Kier alpha value is -1.39. The standard InChI is InChI=1S/C20H30N2O2/c1-15-13-17(21(2)20(24)18-9-6-10-19(18)23)11-12-22(15)14-16-7-4-3-5-8-16/h3-5,7-8,15,17-19,23H,6,9-14H2,1-2H3. The number of aliphatic hydroxyl groups excluding tert-OH is 1. The van der Waals surface area contributed by atoms with Gasteiger partial charge < -0.3 is 10.0 Å². The quantitative estimate of drug-likeness (QED) is 0.923. The van der Waals surface area contributed by atoms with E-state index in [1.165, 1.54) is 5.56 Å². The summed E-state index contributed by atoms with van der Waals surface area (Å²) in [5.41, 5.74) is 1.35. The number of benzene rings is 1. The Bertz CT molecular complexity index is 548. The second-order valence-electron chi connectivity index (χ2n) is 7.54. The highest BCUT2D eigenvalue weighted by Gasteiger charge is 2.37. The highest BCUT2D eigenvalue weighted by atomic mass is 16.3. The van der Waals surface area contributed by atoms with Crippen LogP contribution in [0.15, 0.2) is 30.3 Å². The Kier molecular flexibility index (Phi) is 5.57. The molecule has 1 heterocycles. The van der Waals surface area contributed by atoms with Crippen molar-refractivity contribution in [1.29, 1.82) is 0 Å². The number of rotatable bonds is 4. The zero-order valence-corrected chi connectivity index (χ0v) is 14.9. The zero-order valence-electron chi connectivity index (χ0n) is 14.9. The van der Waals surface area contributed by atoms with E-state index < -0.39 is 6.10 Å². The number of nitrogens with zero attached hydrogens (tertiary/aromatic N) is 2. The Morgan fingerprint density at radius 3 is 2.62 bits per heavy atom. The van der Waals surface area contributed by atoms with Crippen LogP contribution in [0.2, 0.25) is 0 Å². The van der Waals surface area contributed by atoms with E-state index in [4.69, 9.17) is 0 Å². The first-order valence-corrected chi connectivity index (χ1v) is 9.29. The summed E-state index contributed by atoms with van der Waals surface area (Å²) < 4.78 is 0. The largest absolute Gasteiger partial charge is 0.392 e. The molecule has 1 saturated heterocycles. The molecule has 4 unspecified atom stereocenters. The fourth-order valence-corrected chi connectivity index (χ4v) is 4.27. The molecule has 0 aromatic heterocycles. The predicted octanol–water partition coefficient (Wildman–Crippen LogP) is 2.66. The van der Waals surface area contributed by atoms with Crippen molar-refractivity contribution in [2.24, 2.45) is 5.92 Å². The van der Waals surface area contributed by atoms with E-state index in [9.17, 15) is 9.90 Å². The molecule has 0 radical (unpaired) electrons. The maximum atomic E-state index is 12.7. The molecule has 0 bridgehead atoms. The fraction of sp³-hybridized carbons (Fsp3) is 0.650. The molecule has 132 valence electrons. The molecular weight excluding hydrogens is 300 g/mol. The van der Waals surface area contributed by atoms with Crippen molar-refractivity contribution in [1.82, 2.24) is 9.80 Å². The lowest BCUT2D eigenvalue weighted by Gasteiger charge is -2.42. The summed E-state index contributed by atoms with van der Waals surface area (Å²) >= 11 is 0. The number of piperidine rings is 1. The van der Waals surface area contributed by atoms with Gasteiger partial charge in [0.1, 0.15) is 0 Å². The maximum Gasteiger partial charge on any atom is 0.228 e. The second kappa shape index (κ2) is 7.66. The Balaban J connectivity index is 1.55. The molecule has 2 aliphatic rings. The highest BCUT2D eigenvalue weighted by Crippen LogP contribution is 2.30. The first kappa shape index (κ1) is 17.4. The average Bonchev–Trinajstić information content (AvgIpc) is 3.02. The van der Waals surface area contributed by atoms with Gasteiger partial charge in [0.2, 0.25) is 5.91 Å². The first-order valence-electron chi connectivity index (χ1n) is 9.29. The molecular formula is C20H30N2O2. The van der Waals surface area contributed by atoms with Crippen molar-refractivity contribution < 1.29 is 9.90 Å². The molecule has 4 heteroatoms. The van der Waals surface area contributed by atoms with Crippen LogP contribution in [0.4, 0.5) is 0 Å². The van der Waals surface area contributed by atoms with Gasteiger partial charge in [-0.25, -0.2) is 0 Å². The average molecular weight is 330 g/mol. The third kappa shape index (κ3) is 3.81. The molecule has 1 N–H and O–H groups in total. The number of carbonyl (C=O) groups is 1. The van der Waals surface area contributed by atoms with E-state index in [0.29, 0.717) is 12.1 Å². The smallest absolute Gasteiger partial charge is 0.228 e. The molecule has 4 nitrogen and oxygen atoms in total. The van der Waals surface area contributed by atoms with Crippen LogP contribution < -0.4 is 0 Å². The van der Waals surface area contributed by atoms with Gasteiger partial charge in [-0.2, -0.15) is 0 Å². The highest BCUT2D eigenvalue weighted by molar-refractivity contribution is 5.79. The van der Waals surface area contributed by atoms with Crippen molar-refractivity contribution in [3.05, 3.63) is 35.9 Å². The number of aliphatic hydroxyl groups is 1. The van der Waals surface area contributed by atoms with E-state index in [2.05, 4.69) is 42.2 Å². The van der Waals surface area contributed by atoms with Crippen molar-refractivity contribution >= 4 is 5.91 Å². The minimum Gasteiger partial charge on any atom is -0.392 e. The summed E-state index contributed by atoms with van der Waals surface area (Å²) in [6.45, 7) is 4.26. The Morgan fingerprint density at radius 1 is 1.25 bits per heavy atom. The van der Waals surface area contributed by atoms with Gasteiger partial charge in [-0.1, -0.05) is 30.3 Å². The van der Waals surface area contributed by atoms with Gasteiger partial charge in [-0.15, -0.1) is 0 Å². The minimum absolute atomic E-state index is 0.147. The van der Waals surface area contributed by atoms with Crippen molar-refractivity contribution in [2.75, 3.05) is 13.6 Å². The number of likely N-dealkylation sites (tertiary alicyclic amines) is 1. The molecule has 1 saturated carbocycles. The third-order valence-electron chi connectivity index (χ3n) is 5.91. The van der Waals surface area contributed by atoms with E-state index in [-0.39, 0.29) is 11.8 Å². The van der Waals surface area contributed by atoms with Crippen LogP contribution in [0.25, 0.3) is 0 Å². The van der Waals surface area contributed by atoms with Crippen LogP contribution in [0.1, 0.15) is 44.6 Å². The van der Waals surface area contributed by atoms with E-state index in [1.54, 1.807) is 0 Å². The lowest BCUT2D eigenvalue weighted by molar-refractivity contribution is -0.140. The molecule has 1 amide bonds. The number of amides is 1. The Labute approximate surface area is 145 Å². The number of carbonyl (C=O) groups excluding carboxylic acids is 1. The van der Waals surface area contributed by atoms with Crippen LogP contribution in [0.3, 0.4) is 0 Å². The monoisotopic (exact) mass is 330 g/mol. The number of hydrogen-bond donors (Lipinski definition) is 1. The zero-order chi connectivity index (χ0) is 17.1. The molecule has 3 rings (SSSR count). The normalized spacial score (nSPS) is 31.1. The molecule has 1 aliphatic carbocycles. The SMILES string of the molecule is CC1CC(N(C)C(=O)C2CCCC2O)CCN1Cc1ccccc1. The molecule has 1 aromatic carbocycles. The topological polar surface area (TPSA) is 43.8 Å². The summed E-state index contributed by atoms with van der Waals surface area (Å²) in [5.74, 6) is -0.0265. The van der Waals surface area contributed by atoms with Crippen molar-refractivity contribution in [3.8, 4) is 0 Å². The second-order valence-corrected chi connectivity index (χ2v) is 7.54. The summed E-state index contributed by atoms with van der Waals surface area (Å²) in [6.07, 6.45) is 4.18. The van der Waals surface area contributed by atoms with E-state index >= 15 is 0 Å². The van der Waals surface area contributed by atoms with Gasteiger partial charge in [0.15, 0.2) is 0 Å². The predicted molar refractivity (Wildman–Crippen MR) is 95.5 cm³/mol. The van der Waals surface area contributed by atoms with Gasteiger partial charge >= 0.3 is 0 Å². The molecule has 1 aliphatic heterocycles. The van der Waals surface area contributed by atoms with Crippen molar-refractivity contribution in [3.63, 3.8) is 0 Å². The fourth-order valence-electron chi connectivity index (χ4n) is 4.27. The van der Waals surface area contributed by atoms with Gasteiger partial charge in [0, 0.05) is 32.2 Å². The minimum atomic E-state index is -0.435. The summed E-state index contributed by atoms with van der Waals surface area (Å²) in [5, 5.41) is 10.0. The van der Waals surface area contributed by atoms with Crippen LogP contribution in [-0.2, 0) is 11.3 Å². The van der Waals surface area contributed by atoms with Crippen LogP contribution in [-0.4, -0.2) is 52.6 Å². The van der Waals surface area contributed by atoms with Crippen LogP contribution >= 0.6 is 0 Å². The molecule has 4 atom stereocenters. The van der Waals surface area contributed by atoms with Crippen molar-refractivity contribution in [2.45, 2.75) is 63.8 Å². The van der Waals surface area contributed by atoms with Crippen LogP contribution in [0.5, 0.6) is 0 Å². The molecule has 1 aromatic rings. The van der Waals surface area contributed by atoms with Gasteiger partial charge in [0.25, 0.3) is 0 Å².